The molecular weight excluding hydrogens is 222 g/mol. The minimum Gasteiger partial charge on any atom is -0.490 e. The van der Waals surface area contributed by atoms with E-state index in [4.69, 9.17) is 10.00 Å². The maximum absolute atomic E-state index is 8.92. The Morgan fingerprint density at radius 2 is 2.11 bits per heavy atom. The van der Waals surface area contributed by atoms with Crippen LogP contribution in [0.1, 0.15) is 50.2 Å². The predicted molar refractivity (Wildman–Crippen MR) is 72.6 cm³/mol. The van der Waals surface area contributed by atoms with E-state index < -0.39 is 0 Å². The van der Waals surface area contributed by atoms with Gasteiger partial charge >= 0.3 is 0 Å². The van der Waals surface area contributed by atoms with Crippen LogP contribution < -0.4 is 4.74 Å². The Balaban J connectivity index is 2.08. The fourth-order valence-corrected chi connectivity index (χ4v) is 2.81. The molecule has 0 amide bonds. The van der Waals surface area contributed by atoms with Crippen LogP contribution >= 0.6 is 0 Å². The van der Waals surface area contributed by atoms with Crippen LogP contribution in [0.2, 0.25) is 0 Å². The zero-order valence-corrected chi connectivity index (χ0v) is 11.3. The number of hydrogen-bond donors (Lipinski definition) is 0. The molecule has 2 nitrogen and oxygen atoms in total. The molecule has 1 aromatic carbocycles. The van der Waals surface area contributed by atoms with Crippen LogP contribution in [0.25, 0.3) is 0 Å². The van der Waals surface area contributed by atoms with Gasteiger partial charge in [0, 0.05) is 0 Å². The summed E-state index contributed by atoms with van der Waals surface area (Å²) in [5.74, 6) is 1.60. The molecule has 0 aromatic heterocycles. The van der Waals surface area contributed by atoms with E-state index in [0.29, 0.717) is 12.0 Å². The molecule has 0 bridgehead atoms. The summed E-state index contributed by atoms with van der Waals surface area (Å²) in [7, 11) is 0. The molecule has 1 aromatic rings. The first kappa shape index (κ1) is 13.0. The van der Waals surface area contributed by atoms with Crippen molar-refractivity contribution in [2.45, 2.75) is 52.1 Å². The van der Waals surface area contributed by atoms with Gasteiger partial charge in [-0.2, -0.15) is 5.26 Å². The molecule has 2 atom stereocenters. The van der Waals surface area contributed by atoms with Crippen molar-refractivity contribution in [3.05, 3.63) is 29.3 Å². The second-order valence-corrected chi connectivity index (χ2v) is 5.20. The number of nitriles is 1. The highest BCUT2D eigenvalue weighted by Crippen LogP contribution is 2.30. The van der Waals surface area contributed by atoms with E-state index in [1.165, 1.54) is 25.7 Å². The van der Waals surface area contributed by atoms with Crippen LogP contribution in [-0.4, -0.2) is 6.10 Å². The van der Waals surface area contributed by atoms with Crippen LogP contribution in [0.4, 0.5) is 0 Å². The normalized spacial score (nSPS) is 23.4. The van der Waals surface area contributed by atoms with Crippen molar-refractivity contribution in [1.82, 2.24) is 0 Å². The molecule has 2 rings (SSSR count). The van der Waals surface area contributed by atoms with Crippen molar-refractivity contribution in [2.75, 3.05) is 0 Å². The smallest absolute Gasteiger partial charge is 0.120 e. The van der Waals surface area contributed by atoms with Gasteiger partial charge in [-0.05, 0) is 62.3 Å². The summed E-state index contributed by atoms with van der Waals surface area (Å²) in [6.45, 7) is 4.21. The Hall–Kier alpha value is -1.49. The van der Waals surface area contributed by atoms with E-state index in [-0.39, 0.29) is 0 Å². The molecule has 2 unspecified atom stereocenters. The molecule has 1 saturated carbocycles. The summed E-state index contributed by atoms with van der Waals surface area (Å²) in [5.41, 5.74) is 1.73. The highest BCUT2D eigenvalue weighted by atomic mass is 16.5. The standard InChI is InChI=1S/C16H21NO/c1-3-13-6-4-5-7-16(13)18-15-9-8-14(11-17)12(2)10-15/h8-10,13,16H,3-7H2,1-2H3. The largest absolute Gasteiger partial charge is 0.490 e. The van der Waals surface area contributed by atoms with E-state index in [9.17, 15) is 0 Å². The third-order valence-electron chi connectivity index (χ3n) is 3.97. The SMILES string of the molecule is CCC1CCCCC1Oc1ccc(C#N)c(C)c1. The third kappa shape index (κ3) is 2.85. The van der Waals surface area contributed by atoms with Gasteiger partial charge in [-0.1, -0.05) is 13.3 Å². The molecule has 0 spiro atoms. The molecule has 18 heavy (non-hydrogen) atoms. The van der Waals surface area contributed by atoms with Gasteiger partial charge in [0.2, 0.25) is 0 Å². The molecule has 0 heterocycles. The van der Waals surface area contributed by atoms with Crippen LogP contribution in [-0.2, 0) is 0 Å². The molecule has 2 heteroatoms. The van der Waals surface area contributed by atoms with Crippen LogP contribution in [0.5, 0.6) is 5.75 Å². The van der Waals surface area contributed by atoms with E-state index in [2.05, 4.69) is 13.0 Å². The Kier molecular flexibility index (Phi) is 4.25. The van der Waals surface area contributed by atoms with Gasteiger partial charge in [0.1, 0.15) is 11.9 Å². The Bertz CT molecular complexity index is 447. The fourth-order valence-electron chi connectivity index (χ4n) is 2.81. The summed E-state index contributed by atoms with van der Waals surface area (Å²) in [6, 6.07) is 7.96. The number of hydrogen-bond acceptors (Lipinski definition) is 2. The lowest BCUT2D eigenvalue weighted by Gasteiger charge is -2.31. The molecule has 1 aliphatic carbocycles. The molecule has 1 fully saturated rings. The average Bonchev–Trinajstić information content (AvgIpc) is 2.39. The van der Waals surface area contributed by atoms with Gasteiger partial charge < -0.3 is 4.74 Å². The second kappa shape index (κ2) is 5.91. The summed E-state index contributed by atoms with van der Waals surface area (Å²) >= 11 is 0. The monoisotopic (exact) mass is 243 g/mol. The van der Waals surface area contributed by atoms with Crippen molar-refractivity contribution in [3.8, 4) is 11.8 Å². The van der Waals surface area contributed by atoms with Crippen molar-refractivity contribution < 1.29 is 4.74 Å². The molecule has 96 valence electrons. The number of ether oxygens (including phenoxy) is 1. The molecular formula is C16H21NO. The molecule has 0 saturated heterocycles. The maximum atomic E-state index is 8.92. The van der Waals surface area contributed by atoms with Gasteiger partial charge in [-0.3, -0.25) is 0 Å². The van der Waals surface area contributed by atoms with E-state index in [1.807, 2.05) is 25.1 Å². The predicted octanol–water partition coefficient (Wildman–Crippen LogP) is 4.21. The zero-order chi connectivity index (χ0) is 13.0. The van der Waals surface area contributed by atoms with E-state index in [1.54, 1.807) is 0 Å². The highest BCUT2D eigenvalue weighted by molar-refractivity contribution is 5.41. The molecule has 0 radical (unpaired) electrons. The summed E-state index contributed by atoms with van der Waals surface area (Å²) in [4.78, 5) is 0. The summed E-state index contributed by atoms with van der Waals surface area (Å²) < 4.78 is 6.13. The number of aryl methyl sites for hydroxylation is 1. The van der Waals surface area contributed by atoms with Crippen LogP contribution in [0.15, 0.2) is 18.2 Å². The van der Waals surface area contributed by atoms with Gasteiger partial charge in [-0.15, -0.1) is 0 Å². The molecule has 0 aliphatic heterocycles. The lowest BCUT2D eigenvalue weighted by molar-refractivity contribution is 0.0903. The second-order valence-electron chi connectivity index (χ2n) is 5.20. The van der Waals surface area contributed by atoms with Crippen LogP contribution in [0, 0.1) is 24.2 Å². The first-order chi connectivity index (χ1) is 8.74. The van der Waals surface area contributed by atoms with Crippen molar-refractivity contribution >= 4 is 0 Å². The lowest BCUT2D eigenvalue weighted by Crippen LogP contribution is -2.29. The minimum absolute atomic E-state index is 0.357. The summed E-state index contributed by atoms with van der Waals surface area (Å²) in [5, 5.41) is 8.92. The topological polar surface area (TPSA) is 33.0 Å². The Labute approximate surface area is 110 Å². The molecule has 0 N–H and O–H groups in total. The third-order valence-corrected chi connectivity index (χ3v) is 3.97. The molecule has 1 aliphatic rings. The number of rotatable bonds is 3. The van der Waals surface area contributed by atoms with E-state index >= 15 is 0 Å². The van der Waals surface area contributed by atoms with Crippen LogP contribution in [0.3, 0.4) is 0 Å². The van der Waals surface area contributed by atoms with E-state index in [0.717, 1.165) is 23.3 Å². The highest BCUT2D eigenvalue weighted by Gasteiger charge is 2.25. The first-order valence-corrected chi connectivity index (χ1v) is 6.92. The average molecular weight is 243 g/mol. The van der Waals surface area contributed by atoms with Crippen molar-refractivity contribution in [1.29, 1.82) is 5.26 Å². The van der Waals surface area contributed by atoms with Crippen molar-refractivity contribution in [3.63, 3.8) is 0 Å². The van der Waals surface area contributed by atoms with Gasteiger partial charge in [0.25, 0.3) is 0 Å². The number of benzene rings is 1. The van der Waals surface area contributed by atoms with Crippen molar-refractivity contribution in [2.24, 2.45) is 5.92 Å². The summed E-state index contributed by atoms with van der Waals surface area (Å²) in [6.07, 6.45) is 6.62. The Morgan fingerprint density at radius 1 is 1.33 bits per heavy atom. The maximum Gasteiger partial charge on any atom is 0.120 e. The quantitative estimate of drug-likeness (QED) is 0.796. The fraction of sp³-hybridized carbons (Fsp3) is 0.562. The first-order valence-electron chi connectivity index (χ1n) is 6.92. The van der Waals surface area contributed by atoms with Gasteiger partial charge in [0.05, 0.1) is 11.6 Å². The lowest BCUT2D eigenvalue weighted by atomic mass is 9.85. The zero-order valence-electron chi connectivity index (χ0n) is 11.3. The minimum atomic E-state index is 0.357. The van der Waals surface area contributed by atoms with Gasteiger partial charge in [0.15, 0.2) is 0 Å². The van der Waals surface area contributed by atoms with Gasteiger partial charge in [-0.25, -0.2) is 0 Å². The number of nitrogens with zero attached hydrogens (tertiary/aromatic N) is 1. The Morgan fingerprint density at radius 3 is 2.78 bits per heavy atom.